The van der Waals surface area contributed by atoms with Gasteiger partial charge in [-0.2, -0.15) is 0 Å². The Morgan fingerprint density at radius 3 is 2.90 bits per heavy atom. The summed E-state index contributed by atoms with van der Waals surface area (Å²) in [6.07, 6.45) is 6.58. The summed E-state index contributed by atoms with van der Waals surface area (Å²) in [4.78, 5) is 2.70. The van der Waals surface area contributed by atoms with Crippen LogP contribution >= 0.6 is 0 Å². The van der Waals surface area contributed by atoms with E-state index in [1.165, 1.54) is 49.9 Å². The lowest BCUT2D eigenvalue weighted by atomic mass is 9.81. The average Bonchev–Trinajstić information content (AvgIpc) is 2.46. The largest absolute Gasteiger partial charge is 0.367 e. The summed E-state index contributed by atoms with van der Waals surface area (Å²) >= 11 is 0. The minimum atomic E-state index is 0.651. The monoisotopic (exact) mass is 272 g/mol. The van der Waals surface area contributed by atoms with E-state index in [1.54, 1.807) is 5.56 Å². The van der Waals surface area contributed by atoms with Gasteiger partial charge < -0.3 is 10.2 Å². The van der Waals surface area contributed by atoms with Crippen LogP contribution < -0.4 is 10.2 Å². The van der Waals surface area contributed by atoms with Crippen LogP contribution in [0.5, 0.6) is 0 Å². The standard InChI is InChI=1S/C18H28N2/c1-13-7-9-17-15(11-13)5-4-10-20(17)18-12-14(2)6-8-16(18)19-3/h7,9,11,14,16,18-19H,4-6,8,10,12H2,1-3H3. The van der Waals surface area contributed by atoms with Gasteiger partial charge in [0.15, 0.2) is 0 Å². The quantitative estimate of drug-likeness (QED) is 0.886. The lowest BCUT2D eigenvalue weighted by molar-refractivity contribution is 0.266. The zero-order valence-electron chi connectivity index (χ0n) is 13.2. The van der Waals surface area contributed by atoms with Gasteiger partial charge in [0, 0.05) is 24.3 Å². The SMILES string of the molecule is CNC1CCC(C)CC1N1CCCc2cc(C)ccc21. The van der Waals surface area contributed by atoms with E-state index in [-0.39, 0.29) is 0 Å². The first kappa shape index (κ1) is 13.9. The summed E-state index contributed by atoms with van der Waals surface area (Å²) < 4.78 is 0. The van der Waals surface area contributed by atoms with E-state index in [2.05, 4.69) is 49.3 Å². The third-order valence-electron chi connectivity index (χ3n) is 5.24. The second-order valence-electron chi connectivity index (χ2n) is 6.81. The van der Waals surface area contributed by atoms with Gasteiger partial charge in [-0.15, -0.1) is 0 Å². The Kier molecular flexibility index (Phi) is 4.02. The molecule has 2 nitrogen and oxygen atoms in total. The Morgan fingerprint density at radius 1 is 1.25 bits per heavy atom. The molecule has 1 aromatic carbocycles. The minimum Gasteiger partial charge on any atom is -0.367 e. The van der Waals surface area contributed by atoms with Gasteiger partial charge in [-0.1, -0.05) is 24.6 Å². The molecule has 0 amide bonds. The molecule has 1 aliphatic carbocycles. The fraction of sp³-hybridized carbons (Fsp3) is 0.667. The zero-order valence-corrected chi connectivity index (χ0v) is 13.2. The smallest absolute Gasteiger partial charge is 0.0445 e. The molecule has 3 rings (SSSR count). The number of fused-ring (bicyclic) bond motifs is 1. The molecule has 0 saturated heterocycles. The highest BCUT2D eigenvalue weighted by Gasteiger charge is 2.34. The second-order valence-corrected chi connectivity index (χ2v) is 6.81. The summed E-state index contributed by atoms with van der Waals surface area (Å²) in [5, 5.41) is 3.57. The second kappa shape index (κ2) is 5.77. The molecule has 0 bridgehead atoms. The molecule has 3 atom stereocenters. The van der Waals surface area contributed by atoms with Gasteiger partial charge in [-0.25, -0.2) is 0 Å². The lowest BCUT2D eigenvalue weighted by Crippen LogP contribution is -2.53. The molecule has 2 aliphatic rings. The van der Waals surface area contributed by atoms with Crippen molar-refractivity contribution in [3.63, 3.8) is 0 Å². The van der Waals surface area contributed by atoms with Gasteiger partial charge in [0.25, 0.3) is 0 Å². The summed E-state index contributed by atoms with van der Waals surface area (Å²) in [5.41, 5.74) is 4.46. The van der Waals surface area contributed by atoms with Gasteiger partial charge in [0.2, 0.25) is 0 Å². The third kappa shape index (κ3) is 2.58. The van der Waals surface area contributed by atoms with Crippen LogP contribution in [0.3, 0.4) is 0 Å². The molecule has 1 heterocycles. The molecule has 20 heavy (non-hydrogen) atoms. The number of anilines is 1. The van der Waals surface area contributed by atoms with Crippen molar-refractivity contribution in [1.82, 2.24) is 5.32 Å². The fourth-order valence-corrected chi connectivity index (χ4v) is 4.13. The highest BCUT2D eigenvalue weighted by Crippen LogP contribution is 2.35. The topological polar surface area (TPSA) is 15.3 Å². The van der Waals surface area contributed by atoms with E-state index in [4.69, 9.17) is 0 Å². The van der Waals surface area contributed by atoms with E-state index in [0.717, 1.165) is 5.92 Å². The molecular formula is C18H28N2. The molecule has 1 fully saturated rings. The number of rotatable bonds is 2. The molecule has 1 N–H and O–H groups in total. The van der Waals surface area contributed by atoms with Crippen molar-refractivity contribution in [3.05, 3.63) is 29.3 Å². The Bertz CT molecular complexity index is 468. The van der Waals surface area contributed by atoms with Crippen molar-refractivity contribution >= 4 is 5.69 Å². The van der Waals surface area contributed by atoms with Crippen molar-refractivity contribution < 1.29 is 0 Å². The normalized spacial score (nSPS) is 30.1. The zero-order chi connectivity index (χ0) is 14.1. The number of likely N-dealkylation sites (N-methyl/N-ethyl adjacent to an activating group) is 1. The van der Waals surface area contributed by atoms with Crippen molar-refractivity contribution in [1.29, 1.82) is 0 Å². The average molecular weight is 272 g/mol. The van der Waals surface area contributed by atoms with E-state index in [1.807, 2.05) is 0 Å². The van der Waals surface area contributed by atoms with Crippen molar-refractivity contribution in [3.8, 4) is 0 Å². The molecule has 110 valence electrons. The van der Waals surface area contributed by atoms with E-state index >= 15 is 0 Å². The Labute approximate surface area is 123 Å². The molecule has 3 unspecified atom stereocenters. The van der Waals surface area contributed by atoms with Crippen molar-refractivity contribution in [2.45, 2.75) is 58.0 Å². The molecule has 1 aromatic rings. The first-order valence-corrected chi connectivity index (χ1v) is 8.22. The first-order chi connectivity index (χ1) is 9.69. The van der Waals surface area contributed by atoms with E-state index in [0.29, 0.717) is 12.1 Å². The van der Waals surface area contributed by atoms with Crippen LogP contribution in [0.25, 0.3) is 0 Å². The molecular weight excluding hydrogens is 244 g/mol. The van der Waals surface area contributed by atoms with E-state index in [9.17, 15) is 0 Å². The molecule has 1 aliphatic heterocycles. The number of hydrogen-bond donors (Lipinski definition) is 1. The molecule has 0 aromatic heterocycles. The van der Waals surface area contributed by atoms with Crippen LogP contribution in [0.15, 0.2) is 18.2 Å². The maximum Gasteiger partial charge on any atom is 0.0445 e. The number of nitrogens with one attached hydrogen (secondary N) is 1. The van der Waals surface area contributed by atoms with Gasteiger partial charge in [-0.05, 0) is 63.6 Å². The number of benzene rings is 1. The van der Waals surface area contributed by atoms with Gasteiger partial charge >= 0.3 is 0 Å². The maximum absolute atomic E-state index is 3.57. The predicted octanol–water partition coefficient (Wildman–Crippen LogP) is 3.52. The van der Waals surface area contributed by atoms with E-state index < -0.39 is 0 Å². The van der Waals surface area contributed by atoms with Gasteiger partial charge in [-0.3, -0.25) is 0 Å². The maximum atomic E-state index is 3.57. The van der Waals surface area contributed by atoms with Gasteiger partial charge in [0.1, 0.15) is 0 Å². The van der Waals surface area contributed by atoms with Crippen LogP contribution in [0.1, 0.15) is 43.7 Å². The summed E-state index contributed by atoms with van der Waals surface area (Å²) in [7, 11) is 2.13. The predicted molar refractivity (Wildman–Crippen MR) is 86.5 cm³/mol. The highest BCUT2D eigenvalue weighted by molar-refractivity contribution is 5.57. The minimum absolute atomic E-state index is 0.651. The molecule has 1 saturated carbocycles. The highest BCUT2D eigenvalue weighted by atomic mass is 15.2. The number of hydrogen-bond acceptors (Lipinski definition) is 2. The fourth-order valence-electron chi connectivity index (χ4n) is 4.13. The number of aryl methyl sites for hydroxylation is 2. The molecule has 0 radical (unpaired) electrons. The lowest BCUT2D eigenvalue weighted by Gasteiger charge is -2.45. The van der Waals surface area contributed by atoms with Crippen LogP contribution in [0.4, 0.5) is 5.69 Å². The Morgan fingerprint density at radius 2 is 2.10 bits per heavy atom. The molecule has 2 heteroatoms. The third-order valence-corrected chi connectivity index (χ3v) is 5.24. The Balaban J connectivity index is 1.90. The molecule has 0 spiro atoms. The Hall–Kier alpha value is -1.02. The van der Waals surface area contributed by atoms with Crippen LogP contribution in [-0.4, -0.2) is 25.7 Å². The van der Waals surface area contributed by atoms with Crippen molar-refractivity contribution in [2.24, 2.45) is 5.92 Å². The summed E-state index contributed by atoms with van der Waals surface area (Å²) in [6, 6.07) is 8.35. The van der Waals surface area contributed by atoms with Crippen LogP contribution in [0, 0.1) is 12.8 Å². The first-order valence-electron chi connectivity index (χ1n) is 8.22. The number of nitrogens with zero attached hydrogens (tertiary/aromatic N) is 1. The van der Waals surface area contributed by atoms with Gasteiger partial charge in [0.05, 0.1) is 0 Å². The van der Waals surface area contributed by atoms with Crippen LogP contribution in [0.2, 0.25) is 0 Å². The van der Waals surface area contributed by atoms with Crippen LogP contribution in [-0.2, 0) is 6.42 Å². The van der Waals surface area contributed by atoms with Crippen molar-refractivity contribution in [2.75, 3.05) is 18.5 Å². The summed E-state index contributed by atoms with van der Waals surface area (Å²) in [5.74, 6) is 0.862. The summed E-state index contributed by atoms with van der Waals surface area (Å²) in [6.45, 7) is 5.85.